The summed E-state index contributed by atoms with van der Waals surface area (Å²) in [5, 5.41) is 5.67. The Hall–Kier alpha value is -3.54. The van der Waals surface area contributed by atoms with E-state index < -0.39 is 0 Å². The smallest absolute Gasteiger partial charge is 0.251 e. The quantitative estimate of drug-likeness (QED) is 0.701. The lowest BCUT2D eigenvalue weighted by atomic mass is 10.1. The minimum Gasteiger partial charge on any atom is -0.342 e. The lowest BCUT2D eigenvalue weighted by Crippen LogP contribution is -2.27. The Morgan fingerprint density at radius 2 is 1.08 bits per heavy atom. The number of nitrogens with one attached hydrogen (secondary N) is 4. The topological polar surface area (TPSA) is 86.5 Å². The number of hydrogen-bond donors (Lipinski definition) is 2. The van der Waals surface area contributed by atoms with Crippen LogP contribution >= 0.6 is 0 Å². The third-order valence-corrected chi connectivity index (χ3v) is 3.84. The van der Waals surface area contributed by atoms with Crippen molar-refractivity contribution < 1.29 is 19.6 Å². The van der Waals surface area contributed by atoms with E-state index in [2.05, 4.69) is 20.6 Å². The van der Waals surface area contributed by atoms with Gasteiger partial charge >= 0.3 is 0 Å². The van der Waals surface area contributed by atoms with Crippen LogP contribution in [0.3, 0.4) is 0 Å². The van der Waals surface area contributed by atoms with Crippen LogP contribution < -0.4 is 20.6 Å². The molecular formula is C20H20N4O2+2. The van der Waals surface area contributed by atoms with Crippen LogP contribution in [0.2, 0.25) is 0 Å². The normalized spacial score (nSPS) is 10.2. The van der Waals surface area contributed by atoms with Gasteiger partial charge in [-0.15, -0.1) is 0 Å². The van der Waals surface area contributed by atoms with Gasteiger partial charge < -0.3 is 10.6 Å². The van der Waals surface area contributed by atoms with Gasteiger partial charge in [0.05, 0.1) is 0 Å². The van der Waals surface area contributed by atoms with E-state index in [0.717, 1.165) is 11.4 Å². The standard InChI is InChI=1S/C20H18N4O2/c25-19(23-13-17-5-1-3-11-21-17)15-7-9-16(10-8-15)20(26)24-14-18-6-2-4-12-22-18/h1-12H,13-14H2,(H,23,25)(H,24,26)/p+2. The molecule has 2 heterocycles. The number of hydrogen-bond acceptors (Lipinski definition) is 2. The molecule has 3 rings (SSSR count). The number of carbonyl (C=O) groups excluding carboxylic acids is 2. The molecule has 130 valence electrons. The van der Waals surface area contributed by atoms with Gasteiger partial charge in [0, 0.05) is 35.4 Å². The second kappa shape index (κ2) is 8.53. The molecule has 0 saturated heterocycles. The Balaban J connectivity index is 1.53. The molecule has 1 aromatic carbocycles. The fraction of sp³-hybridized carbons (Fsp3) is 0.100. The van der Waals surface area contributed by atoms with Crippen LogP contribution in [-0.2, 0) is 13.1 Å². The first-order valence-corrected chi connectivity index (χ1v) is 8.30. The zero-order valence-corrected chi connectivity index (χ0v) is 14.2. The fourth-order valence-electron chi connectivity index (χ4n) is 2.41. The predicted molar refractivity (Wildman–Crippen MR) is 94.8 cm³/mol. The summed E-state index contributed by atoms with van der Waals surface area (Å²) in [4.78, 5) is 30.5. The number of rotatable bonds is 6. The van der Waals surface area contributed by atoms with Crippen molar-refractivity contribution in [3.8, 4) is 0 Å². The minimum atomic E-state index is -0.187. The van der Waals surface area contributed by atoms with E-state index in [1.165, 1.54) is 0 Å². The molecule has 0 atom stereocenters. The predicted octanol–water partition coefficient (Wildman–Crippen LogP) is 1.17. The highest BCUT2D eigenvalue weighted by Gasteiger charge is 2.10. The van der Waals surface area contributed by atoms with E-state index in [1.54, 1.807) is 24.3 Å². The maximum Gasteiger partial charge on any atom is 0.251 e. The van der Waals surface area contributed by atoms with Gasteiger partial charge in [0.15, 0.2) is 23.8 Å². The molecule has 4 N–H and O–H groups in total. The van der Waals surface area contributed by atoms with Gasteiger partial charge in [-0.3, -0.25) is 9.59 Å². The summed E-state index contributed by atoms with van der Waals surface area (Å²) < 4.78 is 0. The van der Waals surface area contributed by atoms with Crippen molar-refractivity contribution in [2.75, 3.05) is 0 Å². The molecule has 0 radical (unpaired) electrons. The third-order valence-electron chi connectivity index (χ3n) is 3.84. The summed E-state index contributed by atoms with van der Waals surface area (Å²) in [5.41, 5.74) is 2.84. The average molecular weight is 348 g/mol. The van der Waals surface area contributed by atoms with Crippen molar-refractivity contribution in [3.05, 3.63) is 95.6 Å². The summed E-state index contributed by atoms with van der Waals surface area (Å²) in [6.07, 6.45) is 3.62. The number of pyridine rings is 2. The van der Waals surface area contributed by atoms with Crippen molar-refractivity contribution >= 4 is 11.8 Å². The summed E-state index contributed by atoms with van der Waals surface area (Å²) in [6.45, 7) is 0.824. The first-order valence-electron chi connectivity index (χ1n) is 8.30. The highest BCUT2D eigenvalue weighted by Crippen LogP contribution is 2.05. The zero-order chi connectivity index (χ0) is 18.2. The Kier molecular flexibility index (Phi) is 5.67. The largest absolute Gasteiger partial charge is 0.342 e. The molecule has 0 saturated carbocycles. The molecular weight excluding hydrogens is 328 g/mol. The molecule has 0 aliphatic heterocycles. The lowest BCUT2D eigenvalue weighted by molar-refractivity contribution is -0.391. The Morgan fingerprint density at radius 3 is 1.42 bits per heavy atom. The summed E-state index contributed by atoms with van der Waals surface area (Å²) in [6, 6.07) is 17.9. The van der Waals surface area contributed by atoms with E-state index in [0.29, 0.717) is 24.2 Å². The van der Waals surface area contributed by atoms with E-state index in [9.17, 15) is 9.59 Å². The molecule has 26 heavy (non-hydrogen) atoms. The lowest BCUT2D eigenvalue weighted by Gasteiger charge is -2.05. The minimum absolute atomic E-state index is 0.187. The van der Waals surface area contributed by atoms with Gasteiger partial charge in [-0.2, -0.15) is 0 Å². The number of aromatic amines is 2. The number of amides is 2. The molecule has 0 bridgehead atoms. The zero-order valence-electron chi connectivity index (χ0n) is 14.2. The summed E-state index contributed by atoms with van der Waals surface area (Å²) in [5.74, 6) is -0.374. The molecule has 0 aliphatic rings. The molecule has 6 nitrogen and oxygen atoms in total. The molecule has 0 spiro atoms. The number of H-pyrrole nitrogens is 2. The Bertz CT molecular complexity index is 791. The molecule has 2 amide bonds. The van der Waals surface area contributed by atoms with Crippen molar-refractivity contribution in [3.63, 3.8) is 0 Å². The van der Waals surface area contributed by atoms with E-state index >= 15 is 0 Å². The second-order valence-corrected chi connectivity index (χ2v) is 5.72. The summed E-state index contributed by atoms with van der Waals surface area (Å²) >= 11 is 0. The van der Waals surface area contributed by atoms with E-state index in [1.807, 2.05) is 48.8 Å². The van der Waals surface area contributed by atoms with Crippen LogP contribution in [0.4, 0.5) is 0 Å². The first-order chi connectivity index (χ1) is 12.7. The van der Waals surface area contributed by atoms with Crippen molar-refractivity contribution in [2.24, 2.45) is 0 Å². The van der Waals surface area contributed by atoms with Crippen molar-refractivity contribution in [1.29, 1.82) is 0 Å². The maximum absolute atomic E-state index is 12.2. The van der Waals surface area contributed by atoms with Crippen LogP contribution in [0.1, 0.15) is 32.1 Å². The van der Waals surface area contributed by atoms with Crippen LogP contribution in [-0.4, -0.2) is 11.8 Å². The summed E-state index contributed by atoms with van der Waals surface area (Å²) in [7, 11) is 0. The highest BCUT2D eigenvalue weighted by atomic mass is 16.2. The molecule has 0 aliphatic carbocycles. The fourth-order valence-corrected chi connectivity index (χ4v) is 2.41. The van der Waals surface area contributed by atoms with Gasteiger partial charge in [0.25, 0.3) is 11.8 Å². The van der Waals surface area contributed by atoms with Gasteiger partial charge in [0.1, 0.15) is 13.1 Å². The van der Waals surface area contributed by atoms with Crippen molar-refractivity contribution in [2.45, 2.75) is 13.1 Å². The average Bonchev–Trinajstić information content (AvgIpc) is 2.72. The number of aromatic nitrogens is 2. The molecule has 2 aromatic heterocycles. The maximum atomic E-state index is 12.2. The van der Waals surface area contributed by atoms with Crippen LogP contribution in [0, 0.1) is 0 Å². The van der Waals surface area contributed by atoms with Gasteiger partial charge in [-0.1, -0.05) is 12.1 Å². The number of benzene rings is 1. The molecule has 3 aromatic rings. The van der Waals surface area contributed by atoms with Crippen molar-refractivity contribution in [1.82, 2.24) is 10.6 Å². The third kappa shape index (κ3) is 4.73. The monoisotopic (exact) mass is 348 g/mol. The van der Waals surface area contributed by atoms with Gasteiger partial charge in [-0.25, -0.2) is 9.97 Å². The number of carbonyl (C=O) groups is 2. The van der Waals surface area contributed by atoms with E-state index in [4.69, 9.17) is 0 Å². The molecule has 0 fully saturated rings. The Morgan fingerprint density at radius 1 is 0.654 bits per heavy atom. The molecule has 0 unspecified atom stereocenters. The first kappa shape index (κ1) is 17.3. The molecule has 6 heteroatoms. The van der Waals surface area contributed by atoms with Crippen LogP contribution in [0.25, 0.3) is 0 Å². The Labute approximate surface area is 151 Å². The van der Waals surface area contributed by atoms with Gasteiger partial charge in [-0.05, 0) is 24.3 Å². The highest BCUT2D eigenvalue weighted by molar-refractivity contribution is 5.97. The van der Waals surface area contributed by atoms with Crippen LogP contribution in [0.5, 0.6) is 0 Å². The van der Waals surface area contributed by atoms with Gasteiger partial charge in [0.2, 0.25) is 0 Å². The van der Waals surface area contributed by atoms with Crippen LogP contribution in [0.15, 0.2) is 73.1 Å². The second-order valence-electron chi connectivity index (χ2n) is 5.72. The van der Waals surface area contributed by atoms with E-state index in [-0.39, 0.29) is 11.8 Å². The SMILES string of the molecule is O=C(NCc1cccc[nH+]1)c1ccc(C(=O)NCc2cccc[nH+]2)cc1.